The normalized spacial score (nSPS) is 11.2. The summed E-state index contributed by atoms with van der Waals surface area (Å²) in [4.78, 5) is 11.5. The molecule has 0 radical (unpaired) electrons. The first-order valence-corrected chi connectivity index (χ1v) is 7.14. The molecule has 0 aliphatic heterocycles. The first-order chi connectivity index (χ1) is 7.92. The van der Waals surface area contributed by atoms with E-state index in [-0.39, 0.29) is 24.8 Å². The van der Waals surface area contributed by atoms with E-state index < -0.39 is 9.84 Å². The summed E-state index contributed by atoms with van der Waals surface area (Å²) >= 11 is 0. The number of nitrogens with one attached hydrogen (secondary N) is 1. The van der Waals surface area contributed by atoms with E-state index in [1.165, 1.54) is 0 Å². The summed E-state index contributed by atoms with van der Waals surface area (Å²) in [5, 5.41) is 11.1. The molecular formula is C11H15NO4S. The van der Waals surface area contributed by atoms with Crippen LogP contribution in [0.1, 0.15) is 15.9 Å². The van der Waals surface area contributed by atoms with Crippen molar-refractivity contribution in [1.82, 2.24) is 5.32 Å². The summed E-state index contributed by atoms with van der Waals surface area (Å²) in [5.74, 6) is -0.323. The predicted molar refractivity (Wildman–Crippen MR) is 64.4 cm³/mol. The number of carbonyl (C=O) groups is 1. The lowest BCUT2D eigenvalue weighted by atomic mass is 10.1. The quantitative estimate of drug-likeness (QED) is 0.775. The topological polar surface area (TPSA) is 83.5 Å². The molecule has 0 saturated heterocycles. The van der Waals surface area contributed by atoms with Crippen molar-refractivity contribution >= 4 is 15.7 Å². The number of aliphatic hydroxyl groups excluding tert-OH is 1. The summed E-state index contributed by atoms with van der Waals surface area (Å²) < 4.78 is 22.1. The maximum absolute atomic E-state index is 11.5. The van der Waals surface area contributed by atoms with Crippen LogP contribution in [0.4, 0.5) is 0 Å². The number of sulfone groups is 1. The summed E-state index contributed by atoms with van der Waals surface area (Å²) in [6, 6.07) is 6.34. The number of aliphatic hydroxyl groups is 1. The summed E-state index contributed by atoms with van der Waals surface area (Å²) in [6.45, 7) is 0.0851. The molecule has 0 aliphatic rings. The van der Waals surface area contributed by atoms with Gasteiger partial charge in [-0.25, -0.2) is 8.42 Å². The molecule has 0 unspecified atom stereocenters. The van der Waals surface area contributed by atoms with E-state index >= 15 is 0 Å². The van der Waals surface area contributed by atoms with E-state index in [1.54, 1.807) is 24.3 Å². The highest BCUT2D eigenvalue weighted by molar-refractivity contribution is 7.89. The average Bonchev–Trinajstić information content (AvgIpc) is 2.24. The maximum Gasteiger partial charge on any atom is 0.251 e. The van der Waals surface area contributed by atoms with Crippen LogP contribution in [0.15, 0.2) is 24.3 Å². The molecule has 1 rings (SSSR count). The van der Waals surface area contributed by atoms with E-state index in [1.807, 2.05) is 0 Å². The molecule has 1 aromatic rings. The molecule has 1 aromatic carbocycles. The van der Waals surface area contributed by atoms with Crippen molar-refractivity contribution in [1.29, 1.82) is 0 Å². The second kappa shape index (κ2) is 5.79. The Morgan fingerprint density at radius 2 is 1.88 bits per heavy atom. The van der Waals surface area contributed by atoms with Gasteiger partial charge in [-0.3, -0.25) is 4.79 Å². The molecule has 0 fully saturated rings. The Labute approximate surface area is 100 Å². The fourth-order valence-corrected chi connectivity index (χ4v) is 2.12. The molecule has 0 aromatic heterocycles. The number of amides is 1. The average molecular weight is 257 g/mol. The van der Waals surface area contributed by atoms with Gasteiger partial charge in [0.25, 0.3) is 5.91 Å². The third kappa shape index (κ3) is 4.97. The molecule has 0 aliphatic carbocycles. The molecule has 1 amide bonds. The Morgan fingerprint density at radius 3 is 2.35 bits per heavy atom. The largest absolute Gasteiger partial charge is 0.395 e. The van der Waals surface area contributed by atoms with Crippen LogP contribution in [0.25, 0.3) is 0 Å². The monoisotopic (exact) mass is 257 g/mol. The number of hydrogen-bond acceptors (Lipinski definition) is 4. The smallest absolute Gasteiger partial charge is 0.251 e. The van der Waals surface area contributed by atoms with Gasteiger partial charge < -0.3 is 10.4 Å². The highest BCUT2D eigenvalue weighted by Crippen LogP contribution is 2.07. The van der Waals surface area contributed by atoms with Crippen LogP contribution in [0.5, 0.6) is 0 Å². The minimum atomic E-state index is -3.06. The minimum absolute atomic E-state index is 0.0362. The Hall–Kier alpha value is -1.40. The van der Waals surface area contributed by atoms with Crippen molar-refractivity contribution in [2.45, 2.75) is 5.75 Å². The van der Waals surface area contributed by atoms with Crippen molar-refractivity contribution in [2.24, 2.45) is 0 Å². The van der Waals surface area contributed by atoms with Gasteiger partial charge >= 0.3 is 0 Å². The van der Waals surface area contributed by atoms with Crippen molar-refractivity contribution < 1.29 is 18.3 Å². The van der Waals surface area contributed by atoms with E-state index in [0.29, 0.717) is 11.1 Å². The first-order valence-electron chi connectivity index (χ1n) is 5.08. The van der Waals surface area contributed by atoms with Crippen molar-refractivity contribution in [3.8, 4) is 0 Å². The van der Waals surface area contributed by atoms with Crippen LogP contribution >= 0.6 is 0 Å². The zero-order chi connectivity index (χ0) is 12.9. The number of carbonyl (C=O) groups excluding carboxylic acids is 1. The molecule has 0 spiro atoms. The van der Waals surface area contributed by atoms with Crippen molar-refractivity contribution in [3.05, 3.63) is 35.4 Å². The van der Waals surface area contributed by atoms with E-state index in [4.69, 9.17) is 5.11 Å². The number of rotatable bonds is 5. The molecule has 0 saturated carbocycles. The van der Waals surface area contributed by atoms with Crippen LogP contribution in [-0.4, -0.2) is 38.8 Å². The number of benzene rings is 1. The Kier molecular flexibility index (Phi) is 4.65. The summed E-state index contributed by atoms with van der Waals surface area (Å²) in [6.07, 6.45) is 1.16. The van der Waals surface area contributed by atoms with E-state index in [0.717, 1.165) is 6.26 Å². The third-order valence-electron chi connectivity index (χ3n) is 2.04. The SMILES string of the molecule is CS(=O)(=O)Cc1ccc(C(=O)NCCO)cc1. The molecule has 94 valence electrons. The summed E-state index contributed by atoms with van der Waals surface area (Å²) in [5.41, 5.74) is 1.09. The zero-order valence-electron chi connectivity index (χ0n) is 9.51. The van der Waals surface area contributed by atoms with Gasteiger partial charge in [0.15, 0.2) is 9.84 Å². The first kappa shape index (κ1) is 13.7. The Bertz CT molecular complexity index is 479. The summed E-state index contributed by atoms with van der Waals surface area (Å²) in [7, 11) is -3.06. The lowest BCUT2D eigenvalue weighted by Crippen LogP contribution is -2.26. The van der Waals surface area contributed by atoms with Crippen molar-refractivity contribution in [2.75, 3.05) is 19.4 Å². The van der Waals surface area contributed by atoms with Crippen LogP contribution in [-0.2, 0) is 15.6 Å². The molecule has 0 heterocycles. The fourth-order valence-electron chi connectivity index (χ4n) is 1.33. The van der Waals surface area contributed by atoms with Gasteiger partial charge in [0.05, 0.1) is 12.4 Å². The van der Waals surface area contributed by atoms with Crippen LogP contribution in [0, 0.1) is 0 Å². The molecule has 2 N–H and O–H groups in total. The van der Waals surface area contributed by atoms with Gasteiger partial charge in [0.1, 0.15) is 0 Å². The van der Waals surface area contributed by atoms with Gasteiger partial charge in [-0.15, -0.1) is 0 Å². The zero-order valence-corrected chi connectivity index (χ0v) is 10.3. The van der Waals surface area contributed by atoms with Gasteiger partial charge in [-0.1, -0.05) is 12.1 Å². The minimum Gasteiger partial charge on any atom is -0.395 e. The lowest BCUT2D eigenvalue weighted by molar-refractivity contribution is 0.0945. The molecule has 17 heavy (non-hydrogen) atoms. The Morgan fingerprint density at radius 1 is 1.29 bits per heavy atom. The van der Waals surface area contributed by atoms with E-state index in [9.17, 15) is 13.2 Å². The standard InChI is InChI=1S/C11H15NO4S/c1-17(15,16)8-9-2-4-10(5-3-9)11(14)12-6-7-13/h2-5,13H,6-8H2,1H3,(H,12,14). The highest BCUT2D eigenvalue weighted by atomic mass is 32.2. The molecular weight excluding hydrogens is 242 g/mol. The highest BCUT2D eigenvalue weighted by Gasteiger charge is 2.07. The predicted octanol–water partition coefficient (Wildman–Crippen LogP) is -0.0467. The van der Waals surface area contributed by atoms with Gasteiger partial charge in [-0.2, -0.15) is 0 Å². The molecule has 6 heteroatoms. The lowest BCUT2D eigenvalue weighted by Gasteiger charge is -2.04. The maximum atomic E-state index is 11.5. The number of hydrogen-bond donors (Lipinski definition) is 2. The molecule has 5 nitrogen and oxygen atoms in total. The second-order valence-corrected chi connectivity index (χ2v) is 5.89. The molecule has 0 bridgehead atoms. The fraction of sp³-hybridized carbons (Fsp3) is 0.364. The second-order valence-electron chi connectivity index (χ2n) is 3.75. The van der Waals surface area contributed by atoms with Crippen LogP contribution < -0.4 is 5.32 Å². The van der Waals surface area contributed by atoms with Crippen LogP contribution in [0.3, 0.4) is 0 Å². The Balaban J connectivity index is 2.71. The van der Waals surface area contributed by atoms with E-state index in [2.05, 4.69) is 5.32 Å². The van der Waals surface area contributed by atoms with Crippen LogP contribution in [0.2, 0.25) is 0 Å². The van der Waals surface area contributed by atoms with Gasteiger partial charge in [0.2, 0.25) is 0 Å². The van der Waals surface area contributed by atoms with Gasteiger partial charge in [0, 0.05) is 18.4 Å². The third-order valence-corrected chi connectivity index (χ3v) is 2.90. The van der Waals surface area contributed by atoms with Crippen molar-refractivity contribution in [3.63, 3.8) is 0 Å². The molecule has 0 atom stereocenters. The van der Waals surface area contributed by atoms with Gasteiger partial charge in [-0.05, 0) is 17.7 Å².